The van der Waals surface area contributed by atoms with Crippen molar-refractivity contribution in [2.24, 2.45) is 5.41 Å². The van der Waals surface area contributed by atoms with Gasteiger partial charge in [0.2, 0.25) is 0 Å². The Bertz CT molecular complexity index is 1230. The van der Waals surface area contributed by atoms with E-state index in [1.54, 1.807) is 0 Å². The zero-order chi connectivity index (χ0) is 40.6. The molecule has 2 aromatic rings. The van der Waals surface area contributed by atoms with E-state index in [9.17, 15) is 20.4 Å². The molecule has 0 saturated heterocycles. The van der Waals surface area contributed by atoms with Crippen molar-refractivity contribution in [2.45, 2.75) is 110 Å². The van der Waals surface area contributed by atoms with E-state index in [1.165, 1.54) is 0 Å². The highest BCUT2D eigenvalue weighted by Crippen LogP contribution is 2.51. The number of aliphatic hydroxyl groups excluding tert-OH is 3. The van der Waals surface area contributed by atoms with Crippen molar-refractivity contribution < 1.29 is 68.2 Å². The second-order valence-electron chi connectivity index (χ2n) is 16.2. The fourth-order valence-electron chi connectivity index (χ4n) is 5.23. The van der Waals surface area contributed by atoms with Gasteiger partial charge in [-0.25, -0.2) is 8.62 Å². The fraction of sp³-hybridized carbons (Fsp3) is 0.636. The average molecular weight is 805 g/mol. The number of rotatable bonds is 10. The summed E-state index contributed by atoms with van der Waals surface area (Å²) in [4.78, 5) is 62.5. The van der Waals surface area contributed by atoms with Crippen LogP contribution in [0, 0.1) is 5.41 Å². The minimum absolute atomic E-state index is 0.108. The third-order valence-electron chi connectivity index (χ3n) is 8.13. The van der Waals surface area contributed by atoms with Crippen LogP contribution in [0.3, 0.4) is 0 Å². The first kappa shape index (κ1) is 50.6. The van der Waals surface area contributed by atoms with Crippen LogP contribution in [0.2, 0.25) is 0 Å². The molecule has 0 spiro atoms. The second kappa shape index (κ2) is 20.0. The lowest BCUT2D eigenvalue weighted by Gasteiger charge is -2.49. The van der Waals surface area contributed by atoms with Gasteiger partial charge in [-0.05, 0) is 55.0 Å². The van der Waals surface area contributed by atoms with Gasteiger partial charge in [0.05, 0.1) is 25.2 Å². The molecule has 0 radical (unpaired) electrons. The van der Waals surface area contributed by atoms with Crippen LogP contribution in [0.25, 0.3) is 0 Å². The maximum absolute atomic E-state index is 13.1. The normalized spacial score (nSPS) is 13.4. The highest BCUT2D eigenvalue weighted by molar-refractivity contribution is 7.53. The second-order valence-corrected chi connectivity index (χ2v) is 19.5. The van der Waals surface area contributed by atoms with Crippen molar-refractivity contribution in [3.05, 3.63) is 69.8 Å². The number of hydrogen-bond acceptors (Lipinski definition) is 14. The summed E-state index contributed by atoms with van der Waals surface area (Å²) in [6.45, 7) is 23.8. The van der Waals surface area contributed by atoms with Gasteiger partial charge in [-0.1, -0.05) is 119 Å². The lowest BCUT2D eigenvalue weighted by atomic mass is 9.60. The molecule has 2 rings (SSSR count). The van der Waals surface area contributed by atoms with Gasteiger partial charge in [-0.3, -0.25) is 0 Å². The zero-order valence-corrected chi connectivity index (χ0v) is 35.1. The summed E-state index contributed by atoms with van der Waals surface area (Å²) in [6, 6.07) is 12.2. The number of benzene rings is 2. The summed E-state index contributed by atoms with van der Waals surface area (Å²) in [5.74, 6) is 0. The van der Waals surface area contributed by atoms with E-state index in [2.05, 4.69) is 104 Å². The van der Waals surface area contributed by atoms with Gasteiger partial charge in [0.15, 0.2) is 0 Å². The van der Waals surface area contributed by atoms with E-state index in [0.29, 0.717) is 11.1 Å². The Morgan fingerprint density at radius 3 is 0.843 bits per heavy atom. The predicted molar refractivity (Wildman–Crippen MR) is 202 cm³/mol. The molecule has 0 aliphatic rings. The Kier molecular flexibility index (Phi) is 19.8. The van der Waals surface area contributed by atoms with E-state index in [-0.39, 0.29) is 21.7 Å². The maximum Gasteiger partial charge on any atom is 0.334 e. The number of aliphatic hydroxyl groups is 4. The van der Waals surface area contributed by atoms with Gasteiger partial charge in [0, 0.05) is 0 Å². The minimum atomic E-state index is -2.61. The maximum atomic E-state index is 13.1. The summed E-state index contributed by atoms with van der Waals surface area (Å²) in [5.41, 5.74) is 0.863. The van der Waals surface area contributed by atoms with E-state index >= 15 is 0 Å². The zero-order valence-electron chi connectivity index (χ0n) is 31.6. The summed E-state index contributed by atoms with van der Waals surface area (Å²) in [7, 11) is -10.4. The highest BCUT2D eigenvalue weighted by Gasteiger charge is 2.55. The molecule has 0 amide bonds. The van der Waals surface area contributed by atoms with Crippen molar-refractivity contribution in [3.63, 3.8) is 0 Å². The first-order chi connectivity index (χ1) is 22.8. The monoisotopic (exact) mass is 804 g/mol. The summed E-state index contributed by atoms with van der Waals surface area (Å²) in [5, 5.41) is 45.2. The largest absolute Gasteiger partial charge is 0.395 e. The van der Waals surface area contributed by atoms with Gasteiger partial charge in [-0.2, -0.15) is 0 Å². The van der Waals surface area contributed by atoms with Gasteiger partial charge in [-0.15, -0.1) is 0 Å². The highest BCUT2D eigenvalue weighted by atomic mass is 31.2. The van der Waals surface area contributed by atoms with Crippen LogP contribution < -0.4 is 0 Å². The van der Waals surface area contributed by atoms with Crippen LogP contribution in [0.4, 0.5) is 0 Å². The molecule has 14 nitrogen and oxygen atoms in total. The first-order valence-corrected chi connectivity index (χ1v) is 20.4. The molecule has 0 bridgehead atoms. The Balaban J connectivity index is 0.00000149. The Hall–Kier alpha value is -0.400. The molecule has 51 heavy (non-hydrogen) atoms. The molecule has 0 heterocycles. The minimum Gasteiger partial charge on any atom is -0.395 e. The molecule has 12 N–H and O–H groups in total. The van der Waals surface area contributed by atoms with Crippen molar-refractivity contribution in [1.29, 1.82) is 0 Å². The van der Waals surface area contributed by atoms with E-state index in [1.807, 2.05) is 24.3 Å². The molecule has 0 aliphatic carbocycles. The Morgan fingerprint density at radius 1 is 0.431 bits per heavy atom. The lowest BCUT2D eigenvalue weighted by Crippen LogP contribution is -2.55. The van der Waals surface area contributed by atoms with Crippen molar-refractivity contribution >= 4 is 34.4 Å². The van der Waals surface area contributed by atoms with E-state index in [4.69, 9.17) is 39.1 Å². The number of hydrogen-bond donors (Lipinski definition) is 12. The van der Waals surface area contributed by atoms with Crippen LogP contribution in [0.5, 0.6) is 0 Å². The molecule has 0 aliphatic heterocycles. The summed E-state index contributed by atoms with van der Waals surface area (Å²) in [6.07, 6.45) is 0. The molecule has 0 atom stereocenters. The van der Waals surface area contributed by atoms with Crippen LogP contribution >= 0.6 is 34.4 Å². The van der Waals surface area contributed by atoms with Gasteiger partial charge in [0.1, 0.15) is 5.60 Å². The van der Waals surface area contributed by atoms with Crippen LogP contribution in [0.1, 0.15) is 116 Å². The van der Waals surface area contributed by atoms with Gasteiger partial charge in [0.25, 0.3) is 0 Å². The van der Waals surface area contributed by atoms with Crippen molar-refractivity contribution in [1.82, 2.24) is 0 Å². The first-order valence-electron chi connectivity index (χ1n) is 15.8. The standard InChI is InChI=1S/C33H52O4.2H4O5P2/c1-28(2,3)22-13-15-24(26(17-22)30(7,8)9)33(37,32(19-34,20-35)21-36)25-16-14-23(29(4,5)6)18-27(25)31(10,11)12;2*1-6(2)5-7(3)4/h13-18,34-37H,19-21H2,1-12H3;2*1-4H. The predicted octanol–water partition coefficient (Wildman–Crippen LogP) is 4.93. The summed E-state index contributed by atoms with van der Waals surface area (Å²) >= 11 is 0. The van der Waals surface area contributed by atoms with Crippen LogP contribution in [0.15, 0.2) is 36.4 Å². The summed E-state index contributed by atoms with van der Waals surface area (Å²) < 4.78 is 7.20. The molecule has 0 saturated carbocycles. The molecule has 2 aromatic carbocycles. The smallest absolute Gasteiger partial charge is 0.334 e. The van der Waals surface area contributed by atoms with E-state index < -0.39 is 65.2 Å². The molecular weight excluding hydrogens is 744 g/mol. The van der Waals surface area contributed by atoms with Gasteiger partial charge < -0.3 is 59.6 Å². The topological polar surface area (TPSA) is 261 Å². The third-order valence-corrected chi connectivity index (χ3v) is 10.5. The van der Waals surface area contributed by atoms with Crippen molar-refractivity contribution in [3.8, 4) is 0 Å². The molecule has 0 aromatic heterocycles. The average Bonchev–Trinajstić information content (AvgIpc) is 2.95. The van der Waals surface area contributed by atoms with Crippen LogP contribution in [-0.2, 0) is 35.9 Å². The van der Waals surface area contributed by atoms with Gasteiger partial charge >= 0.3 is 34.4 Å². The van der Waals surface area contributed by atoms with E-state index in [0.717, 1.165) is 22.3 Å². The fourth-order valence-corrected chi connectivity index (χ4v) is 6.28. The Labute approximate surface area is 307 Å². The van der Waals surface area contributed by atoms with Crippen molar-refractivity contribution in [2.75, 3.05) is 19.8 Å². The quantitative estimate of drug-likeness (QED) is 0.142. The SMILES string of the molecule is CC(C)(C)c1ccc(C(O)(c2ccc(C(C)(C)C)cc2C(C)(C)C)C(CO)(CO)CO)c(C(C)(C)C)c1.OP(O)OP(O)O.OP(O)OP(O)O. The van der Waals surface area contributed by atoms with Crippen LogP contribution in [-0.4, -0.2) is 79.4 Å². The third kappa shape index (κ3) is 14.6. The molecule has 18 heteroatoms. The molecular formula is C33H60O14P4. The molecule has 296 valence electrons. The molecule has 0 unspecified atom stereocenters. The Morgan fingerprint density at radius 2 is 0.686 bits per heavy atom. The lowest BCUT2D eigenvalue weighted by molar-refractivity contribution is -0.137. The molecule has 0 fully saturated rings.